The van der Waals surface area contributed by atoms with Gasteiger partial charge in [-0.2, -0.15) is 8.78 Å². The second-order valence-electron chi connectivity index (χ2n) is 10.1. The Hall–Kier alpha value is -3.19. The highest BCUT2D eigenvalue weighted by Crippen LogP contribution is 2.59. The highest BCUT2D eigenvalue weighted by Gasteiger charge is 2.50. The fourth-order valence-corrected chi connectivity index (χ4v) is 5.17. The van der Waals surface area contributed by atoms with Gasteiger partial charge in [0.1, 0.15) is 0 Å². The molecule has 40 heavy (non-hydrogen) atoms. The van der Waals surface area contributed by atoms with E-state index >= 15 is 0 Å². The van der Waals surface area contributed by atoms with E-state index in [1.54, 1.807) is 0 Å². The molecule has 0 amide bonds. The molecular formula is C32H33F2O5P. The topological polar surface area (TPSA) is 76.0 Å². The molecule has 0 aliphatic carbocycles. The van der Waals surface area contributed by atoms with E-state index in [4.69, 9.17) is 19.3 Å². The van der Waals surface area contributed by atoms with Gasteiger partial charge in [-0.3, -0.25) is 4.57 Å². The van der Waals surface area contributed by atoms with Crippen molar-refractivity contribution in [3.63, 3.8) is 0 Å². The maximum atomic E-state index is 14.3. The summed E-state index contributed by atoms with van der Waals surface area (Å²) in [5, 5.41) is 0. The van der Waals surface area contributed by atoms with Gasteiger partial charge in [-0.1, -0.05) is 115 Å². The molecule has 2 N–H and O–H groups in total. The fourth-order valence-electron chi connectivity index (χ4n) is 4.68. The SMILES string of the molecule is O=P(O)(O)C(F)(F)c1ccc(CC(COCc2ccccc2)(COCc2ccccc2)Cc2ccccc2)cc1. The first-order valence-electron chi connectivity index (χ1n) is 13.0. The normalized spacial score (nSPS) is 12.4. The van der Waals surface area contributed by atoms with Gasteiger partial charge in [0.05, 0.1) is 26.4 Å². The Morgan fingerprint density at radius 2 is 0.950 bits per heavy atom. The summed E-state index contributed by atoms with van der Waals surface area (Å²) < 4.78 is 52.4. The monoisotopic (exact) mass is 566 g/mol. The Balaban J connectivity index is 1.61. The van der Waals surface area contributed by atoms with Crippen molar-refractivity contribution in [2.45, 2.75) is 31.7 Å². The molecule has 0 aliphatic heterocycles. The van der Waals surface area contributed by atoms with Crippen LogP contribution >= 0.6 is 7.60 Å². The predicted octanol–water partition coefficient (Wildman–Crippen LogP) is 7.12. The zero-order valence-corrected chi connectivity index (χ0v) is 22.9. The number of rotatable bonds is 14. The number of ether oxygens (including phenoxy) is 2. The summed E-state index contributed by atoms with van der Waals surface area (Å²) in [6, 6.07) is 34.8. The van der Waals surface area contributed by atoms with Gasteiger partial charge < -0.3 is 19.3 Å². The lowest BCUT2D eigenvalue weighted by molar-refractivity contribution is -0.0331. The first-order valence-corrected chi connectivity index (χ1v) is 14.6. The maximum absolute atomic E-state index is 14.3. The van der Waals surface area contributed by atoms with E-state index in [-0.39, 0.29) is 0 Å². The summed E-state index contributed by atoms with van der Waals surface area (Å²) in [6.45, 7) is 1.49. The Kier molecular flexibility index (Phi) is 10.0. The van der Waals surface area contributed by atoms with E-state index in [0.29, 0.717) is 39.3 Å². The molecule has 5 nitrogen and oxygen atoms in total. The van der Waals surface area contributed by atoms with Crippen molar-refractivity contribution < 1.29 is 32.6 Å². The van der Waals surface area contributed by atoms with Crippen molar-refractivity contribution in [2.75, 3.05) is 13.2 Å². The number of alkyl halides is 2. The third kappa shape index (κ3) is 8.17. The van der Waals surface area contributed by atoms with Crippen molar-refractivity contribution in [2.24, 2.45) is 5.41 Å². The molecule has 0 fully saturated rings. The maximum Gasteiger partial charge on any atom is 0.399 e. The van der Waals surface area contributed by atoms with Crippen molar-refractivity contribution in [1.82, 2.24) is 0 Å². The number of hydrogen-bond acceptors (Lipinski definition) is 3. The number of benzene rings is 4. The van der Waals surface area contributed by atoms with Gasteiger partial charge >= 0.3 is 13.3 Å². The van der Waals surface area contributed by atoms with Crippen LogP contribution in [0.15, 0.2) is 115 Å². The minimum absolute atomic E-state index is 0.339. The standard InChI is InChI=1S/C32H33F2O5P/c33-32(34,40(35,36)37)30-18-16-27(17-19-30)21-31(20-26-10-4-1-5-11-26,24-38-22-28-12-6-2-7-13-28)25-39-23-29-14-8-3-9-15-29/h1-19H,20-25H2,(H2,35,36,37). The Morgan fingerprint density at radius 3 is 1.35 bits per heavy atom. The Bertz CT molecular complexity index is 1320. The molecule has 0 spiro atoms. The molecular weight excluding hydrogens is 533 g/mol. The van der Waals surface area contributed by atoms with Gasteiger partial charge in [0.25, 0.3) is 0 Å². The summed E-state index contributed by atoms with van der Waals surface area (Å²) >= 11 is 0. The average molecular weight is 567 g/mol. The first-order chi connectivity index (χ1) is 19.2. The third-order valence-electron chi connectivity index (χ3n) is 6.71. The van der Waals surface area contributed by atoms with Gasteiger partial charge in [-0.25, -0.2) is 0 Å². The predicted molar refractivity (Wildman–Crippen MR) is 151 cm³/mol. The smallest absolute Gasteiger partial charge is 0.376 e. The zero-order chi connectivity index (χ0) is 28.5. The molecule has 8 heteroatoms. The van der Waals surface area contributed by atoms with Crippen LogP contribution in [-0.4, -0.2) is 23.0 Å². The van der Waals surface area contributed by atoms with Crippen LogP contribution in [0.3, 0.4) is 0 Å². The van der Waals surface area contributed by atoms with Crippen LogP contribution in [0.4, 0.5) is 8.78 Å². The molecule has 0 radical (unpaired) electrons. The lowest BCUT2D eigenvalue weighted by Gasteiger charge is -2.34. The van der Waals surface area contributed by atoms with Crippen LogP contribution in [-0.2, 0) is 45.8 Å². The van der Waals surface area contributed by atoms with Crippen molar-refractivity contribution in [3.05, 3.63) is 143 Å². The highest BCUT2D eigenvalue weighted by molar-refractivity contribution is 7.52. The lowest BCUT2D eigenvalue weighted by Crippen LogP contribution is -2.37. The summed E-state index contributed by atoms with van der Waals surface area (Å²) in [7, 11) is -5.65. The van der Waals surface area contributed by atoms with Crippen LogP contribution in [0.5, 0.6) is 0 Å². The van der Waals surface area contributed by atoms with E-state index in [1.165, 1.54) is 12.1 Å². The largest absolute Gasteiger partial charge is 0.399 e. The van der Waals surface area contributed by atoms with E-state index in [2.05, 4.69) is 0 Å². The molecule has 4 aromatic carbocycles. The average Bonchev–Trinajstić information content (AvgIpc) is 2.94. The second-order valence-corrected chi connectivity index (χ2v) is 11.7. The van der Waals surface area contributed by atoms with Gasteiger partial charge in [-0.05, 0) is 35.1 Å². The zero-order valence-electron chi connectivity index (χ0n) is 22.0. The van der Waals surface area contributed by atoms with E-state index < -0.39 is 24.2 Å². The van der Waals surface area contributed by atoms with E-state index in [9.17, 15) is 13.3 Å². The molecule has 0 unspecified atom stereocenters. The van der Waals surface area contributed by atoms with Gasteiger partial charge in [0, 0.05) is 11.0 Å². The number of hydrogen-bond donors (Lipinski definition) is 2. The van der Waals surface area contributed by atoms with E-state index in [0.717, 1.165) is 34.4 Å². The second kappa shape index (κ2) is 13.4. The van der Waals surface area contributed by atoms with Gasteiger partial charge in [0.2, 0.25) is 0 Å². The van der Waals surface area contributed by atoms with Crippen LogP contribution in [0.1, 0.15) is 27.8 Å². The molecule has 0 aliphatic rings. The molecule has 0 saturated heterocycles. The molecule has 0 saturated carbocycles. The highest BCUT2D eigenvalue weighted by atomic mass is 31.2. The Labute approximate surface area is 233 Å². The minimum atomic E-state index is -5.65. The first kappa shape index (κ1) is 29.8. The summed E-state index contributed by atoms with van der Waals surface area (Å²) in [6.07, 6.45) is 1.05. The molecule has 0 heterocycles. The van der Waals surface area contributed by atoms with E-state index in [1.807, 2.05) is 91.0 Å². The van der Waals surface area contributed by atoms with Crippen molar-refractivity contribution in [1.29, 1.82) is 0 Å². The quantitative estimate of drug-likeness (QED) is 0.159. The van der Waals surface area contributed by atoms with Crippen LogP contribution in [0.2, 0.25) is 0 Å². The summed E-state index contributed by atoms with van der Waals surface area (Å²) in [5.74, 6) is 0. The third-order valence-corrected chi connectivity index (χ3v) is 7.70. The molecule has 0 aromatic heterocycles. The van der Waals surface area contributed by atoms with Gasteiger partial charge in [-0.15, -0.1) is 0 Å². The van der Waals surface area contributed by atoms with Crippen molar-refractivity contribution in [3.8, 4) is 0 Å². The molecule has 0 bridgehead atoms. The molecule has 4 rings (SSSR count). The van der Waals surface area contributed by atoms with Crippen LogP contribution in [0, 0.1) is 5.41 Å². The van der Waals surface area contributed by atoms with Crippen LogP contribution < -0.4 is 0 Å². The van der Waals surface area contributed by atoms with Crippen LogP contribution in [0.25, 0.3) is 0 Å². The molecule has 210 valence electrons. The molecule has 4 aromatic rings. The summed E-state index contributed by atoms with van der Waals surface area (Å²) in [5.41, 5.74) is -1.66. The number of halogens is 2. The van der Waals surface area contributed by atoms with Gasteiger partial charge in [0.15, 0.2) is 0 Å². The minimum Gasteiger partial charge on any atom is -0.376 e. The van der Waals surface area contributed by atoms with Crippen molar-refractivity contribution >= 4 is 7.60 Å². The fraction of sp³-hybridized carbons (Fsp3) is 0.250. The lowest BCUT2D eigenvalue weighted by atomic mass is 9.77. The summed E-state index contributed by atoms with van der Waals surface area (Å²) in [4.78, 5) is 18.3. The molecule has 0 atom stereocenters. The Morgan fingerprint density at radius 1 is 0.575 bits per heavy atom.